The Kier molecular flexibility index (Phi) is 6.16. The molecule has 0 aliphatic heterocycles. The number of thiazole rings is 1. The van der Waals surface area contributed by atoms with E-state index in [2.05, 4.69) is 9.97 Å². The highest BCUT2D eigenvalue weighted by Gasteiger charge is 2.20. The molecule has 0 saturated carbocycles. The molecular weight excluding hydrogens is 478 g/mol. The van der Waals surface area contributed by atoms with Gasteiger partial charge in [0.15, 0.2) is 16.5 Å². The van der Waals surface area contributed by atoms with Crippen LogP contribution in [0.15, 0.2) is 71.5 Å². The molecule has 172 valence electrons. The molecule has 34 heavy (non-hydrogen) atoms. The summed E-state index contributed by atoms with van der Waals surface area (Å²) in [6.07, 6.45) is 5.46. The number of hydrogen-bond donors (Lipinski definition) is 0. The van der Waals surface area contributed by atoms with E-state index < -0.39 is 16.6 Å². The molecule has 1 unspecified atom stereocenters. The summed E-state index contributed by atoms with van der Waals surface area (Å²) >= 11 is 1.46. The minimum absolute atomic E-state index is 0.0972. The lowest BCUT2D eigenvalue weighted by molar-refractivity contribution is 0.305. The molecule has 1 atom stereocenters. The zero-order chi connectivity index (χ0) is 23.7. The largest absolute Gasteiger partial charge is 0.490 e. The maximum absolute atomic E-state index is 14.5. The van der Waals surface area contributed by atoms with Gasteiger partial charge in [-0.2, -0.15) is 0 Å². The van der Waals surface area contributed by atoms with Crippen LogP contribution in [0.25, 0.3) is 27.6 Å². The highest BCUT2D eigenvalue weighted by molar-refractivity contribution is 7.84. The first kappa shape index (κ1) is 22.3. The first-order valence-corrected chi connectivity index (χ1v) is 12.7. The fraction of sp³-hybridized carbons (Fsp3) is 0.125. The van der Waals surface area contributed by atoms with Gasteiger partial charge in [0.1, 0.15) is 11.5 Å². The van der Waals surface area contributed by atoms with Gasteiger partial charge in [0, 0.05) is 36.0 Å². The summed E-state index contributed by atoms with van der Waals surface area (Å²) in [4.78, 5) is 14.0. The SMILES string of the molecule is CS(=O)c1nccc(-c2c(-c3ccc(F)c(OCCc4ccc(F)cc4)c3)nc3sccn23)n1. The van der Waals surface area contributed by atoms with Crippen molar-refractivity contribution < 1.29 is 17.7 Å². The van der Waals surface area contributed by atoms with E-state index in [1.807, 2.05) is 16.0 Å². The van der Waals surface area contributed by atoms with Crippen LogP contribution in [0.5, 0.6) is 5.75 Å². The number of fused-ring (bicyclic) bond motifs is 1. The minimum Gasteiger partial charge on any atom is -0.490 e. The van der Waals surface area contributed by atoms with Crippen molar-refractivity contribution in [2.45, 2.75) is 11.6 Å². The number of imidazole rings is 1. The number of benzene rings is 2. The van der Waals surface area contributed by atoms with Gasteiger partial charge in [0.05, 0.1) is 28.8 Å². The molecule has 0 fully saturated rings. The van der Waals surface area contributed by atoms with E-state index in [0.29, 0.717) is 29.1 Å². The number of rotatable bonds is 7. The summed E-state index contributed by atoms with van der Waals surface area (Å²) < 4.78 is 47.1. The molecule has 5 aromatic rings. The summed E-state index contributed by atoms with van der Waals surface area (Å²) in [5.74, 6) is -0.698. The third-order valence-corrected chi connectivity index (χ3v) is 6.63. The maximum atomic E-state index is 14.5. The highest BCUT2D eigenvalue weighted by Crippen LogP contribution is 2.35. The van der Waals surface area contributed by atoms with Crippen molar-refractivity contribution in [3.8, 4) is 28.4 Å². The van der Waals surface area contributed by atoms with Crippen molar-refractivity contribution in [3.05, 3.63) is 83.5 Å². The van der Waals surface area contributed by atoms with Crippen LogP contribution in [0.4, 0.5) is 8.78 Å². The van der Waals surface area contributed by atoms with Crippen molar-refractivity contribution in [2.75, 3.05) is 12.9 Å². The smallest absolute Gasteiger partial charge is 0.218 e. The van der Waals surface area contributed by atoms with Crippen molar-refractivity contribution >= 4 is 27.1 Å². The second-order valence-electron chi connectivity index (χ2n) is 7.41. The Morgan fingerprint density at radius 2 is 1.91 bits per heavy atom. The fourth-order valence-electron chi connectivity index (χ4n) is 3.53. The minimum atomic E-state index is -1.34. The van der Waals surface area contributed by atoms with Gasteiger partial charge in [-0.25, -0.2) is 23.7 Å². The molecule has 0 N–H and O–H groups in total. The molecule has 0 aliphatic carbocycles. The van der Waals surface area contributed by atoms with Crippen molar-refractivity contribution in [1.82, 2.24) is 19.4 Å². The standard InChI is InChI=1S/C24H18F2N4O2S2/c1-34(31)23-27-10-8-19(28-23)22-21(29-24-30(22)11-13-33-24)16-4-7-18(26)20(14-16)32-12-9-15-2-5-17(25)6-3-15/h2-8,10-11,13-14H,9,12H2,1H3. The fourth-order valence-corrected chi connectivity index (χ4v) is 4.68. The van der Waals surface area contributed by atoms with Crippen molar-refractivity contribution in [3.63, 3.8) is 0 Å². The van der Waals surface area contributed by atoms with E-state index in [4.69, 9.17) is 9.72 Å². The third-order valence-electron chi connectivity index (χ3n) is 5.16. The summed E-state index contributed by atoms with van der Waals surface area (Å²) in [6.45, 7) is 0.231. The first-order valence-electron chi connectivity index (χ1n) is 10.3. The Labute approximate surface area is 200 Å². The first-order chi connectivity index (χ1) is 16.5. The van der Waals surface area contributed by atoms with Gasteiger partial charge in [-0.15, -0.1) is 11.3 Å². The Hall–Kier alpha value is -3.50. The van der Waals surface area contributed by atoms with Gasteiger partial charge in [-0.1, -0.05) is 12.1 Å². The van der Waals surface area contributed by atoms with Gasteiger partial charge in [-0.05, 0) is 42.0 Å². The molecule has 0 spiro atoms. The van der Waals surface area contributed by atoms with Gasteiger partial charge in [0.25, 0.3) is 0 Å². The number of aromatic nitrogens is 4. The predicted octanol–water partition coefficient (Wildman–Crippen LogP) is 5.16. The monoisotopic (exact) mass is 496 g/mol. The third kappa shape index (κ3) is 4.46. The van der Waals surface area contributed by atoms with Gasteiger partial charge >= 0.3 is 0 Å². The second-order valence-corrected chi connectivity index (χ2v) is 9.56. The lowest BCUT2D eigenvalue weighted by Gasteiger charge is -2.10. The second kappa shape index (κ2) is 9.40. The van der Waals surface area contributed by atoms with E-state index >= 15 is 0 Å². The van der Waals surface area contributed by atoms with E-state index in [1.54, 1.807) is 36.5 Å². The van der Waals surface area contributed by atoms with Crippen LogP contribution in [-0.2, 0) is 17.2 Å². The van der Waals surface area contributed by atoms with Gasteiger partial charge < -0.3 is 4.74 Å². The van der Waals surface area contributed by atoms with Crippen LogP contribution in [0.1, 0.15) is 5.56 Å². The lowest BCUT2D eigenvalue weighted by atomic mass is 10.1. The molecule has 0 amide bonds. The average Bonchev–Trinajstić information content (AvgIpc) is 3.43. The highest BCUT2D eigenvalue weighted by atomic mass is 32.2. The Morgan fingerprint density at radius 3 is 2.71 bits per heavy atom. The molecule has 0 radical (unpaired) electrons. The molecule has 0 saturated heterocycles. The number of nitrogens with zero attached hydrogens (tertiary/aromatic N) is 4. The molecule has 6 nitrogen and oxygen atoms in total. The molecule has 2 aromatic carbocycles. The normalized spacial score (nSPS) is 12.2. The number of halogens is 2. The quantitative estimate of drug-likeness (QED) is 0.291. The molecular formula is C24H18F2N4O2S2. The Bertz CT molecular complexity index is 1500. The van der Waals surface area contributed by atoms with E-state index in [0.717, 1.165) is 10.5 Å². The molecule has 3 heterocycles. The van der Waals surface area contributed by atoms with Crippen LogP contribution in [0, 0.1) is 11.6 Å². The van der Waals surface area contributed by atoms with Gasteiger partial charge in [-0.3, -0.25) is 8.61 Å². The summed E-state index contributed by atoms with van der Waals surface area (Å²) in [6, 6.07) is 12.4. The van der Waals surface area contributed by atoms with Crippen molar-refractivity contribution in [1.29, 1.82) is 0 Å². The van der Waals surface area contributed by atoms with E-state index in [9.17, 15) is 13.0 Å². The summed E-state index contributed by atoms with van der Waals surface area (Å²) in [7, 11) is -1.34. The summed E-state index contributed by atoms with van der Waals surface area (Å²) in [5.41, 5.74) is 3.39. The van der Waals surface area contributed by atoms with E-state index in [1.165, 1.54) is 35.8 Å². The Balaban J connectivity index is 1.49. The van der Waals surface area contributed by atoms with Crippen LogP contribution >= 0.6 is 11.3 Å². The van der Waals surface area contributed by atoms with Crippen LogP contribution in [-0.4, -0.2) is 36.4 Å². The van der Waals surface area contributed by atoms with Crippen LogP contribution < -0.4 is 4.74 Å². The topological polar surface area (TPSA) is 69.4 Å². The summed E-state index contributed by atoms with van der Waals surface area (Å²) in [5, 5.41) is 2.13. The van der Waals surface area contributed by atoms with Crippen LogP contribution in [0.2, 0.25) is 0 Å². The van der Waals surface area contributed by atoms with Crippen molar-refractivity contribution in [2.24, 2.45) is 0 Å². The molecule has 5 rings (SSSR count). The Morgan fingerprint density at radius 1 is 1.09 bits per heavy atom. The van der Waals surface area contributed by atoms with Crippen LogP contribution in [0.3, 0.4) is 0 Å². The molecule has 10 heteroatoms. The zero-order valence-electron chi connectivity index (χ0n) is 17.9. The number of ether oxygens (including phenoxy) is 1. The number of hydrogen-bond acceptors (Lipinski definition) is 6. The lowest BCUT2D eigenvalue weighted by Crippen LogP contribution is -2.03. The van der Waals surface area contributed by atoms with E-state index in [-0.39, 0.29) is 23.3 Å². The zero-order valence-corrected chi connectivity index (χ0v) is 19.6. The van der Waals surface area contributed by atoms with Gasteiger partial charge in [0.2, 0.25) is 5.16 Å². The molecule has 0 bridgehead atoms. The average molecular weight is 497 g/mol. The predicted molar refractivity (Wildman–Crippen MR) is 127 cm³/mol. The molecule has 3 aromatic heterocycles. The molecule has 0 aliphatic rings. The maximum Gasteiger partial charge on any atom is 0.218 e.